The minimum atomic E-state index is -0.880. The molecule has 0 aromatic rings. The van der Waals surface area contributed by atoms with Crippen molar-refractivity contribution in [1.82, 2.24) is 10.6 Å². The molecule has 6 heteroatoms. The van der Waals surface area contributed by atoms with Crippen LogP contribution in [0.1, 0.15) is 19.8 Å². The molecule has 5 N–H and O–H groups in total. The van der Waals surface area contributed by atoms with E-state index in [-0.39, 0.29) is 19.6 Å². The number of carboxylic acid groups (broad SMARTS) is 1. The highest BCUT2D eigenvalue weighted by atomic mass is 16.4. The summed E-state index contributed by atoms with van der Waals surface area (Å²) in [5, 5.41) is 33.6. The molecule has 1 rings (SSSR count). The lowest BCUT2D eigenvalue weighted by Crippen LogP contribution is -2.74. The smallest absolute Gasteiger partial charge is 0.305 e. The van der Waals surface area contributed by atoms with Crippen molar-refractivity contribution in [3.63, 3.8) is 0 Å². The van der Waals surface area contributed by atoms with Gasteiger partial charge in [0.15, 0.2) is 0 Å². The zero-order chi connectivity index (χ0) is 12.2. The Kier molecular flexibility index (Phi) is 4.26. The van der Waals surface area contributed by atoms with Gasteiger partial charge in [0.05, 0.1) is 30.7 Å². The second-order valence-electron chi connectivity index (χ2n) is 4.53. The highest BCUT2D eigenvalue weighted by Gasteiger charge is 2.44. The van der Waals surface area contributed by atoms with Crippen molar-refractivity contribution >= 4 is 5.97 Å². The lowest BCUT2D eigenvalue weighted by molar-refractivity contribution is -0.140. The quantitative estimate of drug-likeness (QED) is 0.367. The van der Waals surface area contributed by atoms with Crippen LogP contribution in [-0.4, -0.2) is 58.7 Å². The fourth-order valence-electron chi connectivity index (χ4n) is 1.98. The zero-order valence-corrected chi connectivity index (χ0v) is 9.49. The van der Waals surface area contributed by atoms with Gasteiger partial charge < -0.3 is 20.6 Å². The molecule has 0 aromatic heterocycles. The summed E-state index contributed by atoms with van der Waals surface area (Å²) in [4.78, 5) is 10.8. The largest absolute Gasteiger partial charge is 0.481 e. The predicted molar refractivity (Wildman–Crippen MR) is 58.2 cm³/mol. The summed E-state index contributed by atoms with van der Waals surface area (Å²) in [6, 6.07) is 0. The van der Waals surface area contributed by atoms with E-state index in [0.717, 1.165) is 0 Å². The molecule has 0 atom stereocenters. The monoisotopic (exact) mass is 232 g/mol. The number of rotatable bonds is 7. The topological polar surface area (TPSA) is 102 Å². The Hall–Kier alpha value is -0.690. The van der Waals surface area contributed by atoms with Crippen molar-refractivity contribution in [2.75, 3.05) is 26.3 Å². The minimum absolute atomic E-state index is 0.0122. The summed E-state index contributed by atoms with van der Waals surface area (Å²) >= 11 is 0. The maximum Gasteiger partial charge on any atom is 0.305 e. The summed E-state index contributed by atoms with van der Waals surface area (Å²) in [6.07, 6.45) is 0.531. The Bertz CT molecular complexity index is 241. The second kappa shape index (κ2) is 5.09. The number of carbonyl (C=O) groups is 1. The summed E-state index contributed by atoms with van der Waals surface area (Å²) < 4.78 is 0. The maximum atomic E-state index is 10.8. The molecule has 0 saturated carbocycles. The van der Waals surface area contributed by atoms with Crippen molar-refractivity contribution < 1.29 is 20.1 Å². The van der Waals surface area contributed by atoms with Gasteiger partial charge in [-0.25, -0.2) is 0 Å². The van der Waals surface area contributed by atoms with Crippen LogP contribution >= 0.6 is 0 Å². The Morgan fingerprint density at radius 2 is 2.00 bits per heavy atom. The SMILES string of the molecule is CCC(CO)(CO)NC1(CC(=O)O)CNC1. The van der Waals surface area contributed by atoms with E-state index < -0.39 is 17.0 Å². The number of carboxylic acids is 1. The molecule has 0 aromatic carbocycles. The highest BCUT2D eigenvalue weighted by molar-refractivity contribution is 5.69. The molecule has 0 bridgehead atoms. The fourth-order valence-corrected chi connectivity index (χ4v) is 1.98. The Morgan fingerprint density at radius 1 is 1.44 bits per heavy atom. The molecule has 16 heavy (non-hydrogen) atoms. The second-order valence-corrected chi connectivity index (χ2v) is 4.53. The molecule has 0 amide bonds. The standard InChI is InChI=1S/C10H20N2O4/c1-2-9(6-13,7-14)12-10(3-8(15)16)4-11-5-10/h11-14H,2-7H2,1H3,(H,15,16). The van der Waals surface area contributed by atoms with Crippen LogP contribution in [0.4, 0.5) is 0 Å². The van der Waals surface area contributed by atoms with E-state index in [9.17, 15) is 15.0 Å². The molecule has 1 fully saturated rings. The van der Waals surface area contributed by atoms with E-state index in [4.69, 9.17) is 5.11 Å². The molecule has 6 nitrogen and oxygen atoms in total. The fraction of sp³-hybridized carbons (Fsp3) is 0.900. The normalized spacial score (nSPS) is 19.2. The van der Waals surface area contributed by atoms with E-state index in [1.807, 2.05) is 6.92 Å². The van der Waals surface area contributed by atoms with Gasteiger partial charge in [-0.1, -0.05) is 6.92 Å². The Labute approximate surface area is 94.7 Å². The highest BCUT2D eigenvalue weighted by Crippen LogP contribution is 2.22. The molecule has 1 aliphatic rings. The number of aliphatic carboxylic acids is 1. The van der Waals surface area contributed by atoms with Crippen molar-refractivity contribution in [2.45, 2.75) is 30.8 Å². The first kappa shape index (κ1) is 13.4. The van der Waals surface area contributed by atoms with Crippen LogP contribution in [0.5, 0.6) is 0 Å². The minimum Gasteiger partial charge on any atom is -0.481 e. The third kappa shape index (κ3) is 2.70. The van der Waals surface area contributed by atoms with Crippen molar-refractivity contribution in [3.8, 4) is 0 Å². The number of aliphatic hydroxyl groups is 2. The van der Waals surface area contributed by atoms with Gasteiger partial charge in [0.25, 0.3) is 0 Å². The van der Waals surface area contributed by atoms with Crippen LogP contribution in [0.15, 0.2) is 0 Å². The molecule has 94 valence electrons. The van der Waals surface area contributed by atoms with Crippen molar-refractivity contribution in [3.05, 3.63) is 0 Å². The van der Waals surface area contributed by atoms with Gasteiger partial charge in [-0.15, -0.1) is 0 Å². The summed E-state index contributed by atoms with van der Waals surface area (Å²) in [7, 11) is 0. The predicted octanol–water partition coefficient (Wildman–Crippen LogP) is -1.47. The van der Waals surface area contributed by atoms with Crippen molar-refractivity contribution in [2.24, 2.45) is 0 Å². The molecular formula is C10H20N2O4. The molecule has 0 radical (unpaired) electrons. The third-order valence-electron chi connectivity index (χ3n) is 3.23. The first-order chi connectivity index (χ1) is 7.51. The molecule has 1 aliphatic heterocycles. The van der Waals surface area contributed by atoms with E-state index >= 15 is 0 Å². The Morgan fingerprint density at radius 3 is 2.25 bits per heavy atom. The first-order valence-electron chi connectivity index (χ1n) is 5.45. The van der Waals surface area contributed by atoms with E-state index in [2.05, 4.69) is 10.6 Å². The third-order valence-corrected chi connectivity index (χ3v) is 3.23. The average Bonchev–Trinajstić information content (AvgIpc) is 2.22. The van der Waals surface area contributed by atoms with Gasteiger partial charge in [-0.05, 0) is 6.42 Å². The van der Waals surface area contributed by atoms with Gasteiger partial charge in [0.2, 0.25) is 0 Å². The molecule has 1 saturated heterocycles. The zero-order valence-electron chi connectivity index (χ0n) is 9.49. The first-order valence-corrected chi connectivity index (χ1v) is 5.45. The van der Waals surface area contributed by atoms with Crippen molar-refractivity contribution in [1.29, 1.82) is 0 Å². The van der Waals surface area contributed by atoms with Crippen LogP contribution in [-0.2, 0) is 4.79 Å². The van der Waals surface area contributed by atoms with Crippen LogP contribution in [0.3, 0.4) is 0 Å². The molecular weight excluding hydrogens is 212 g/mol. The van der Waals surface area contributed by atoms with E-state index in [1.54, 1.807) is 0 Å². The van der Waals surface area contributed by atoms with Crippen LogP contribution in [0.25, 0.3) is 0 Å². The lowest BCUT2D eigenvalue weighted by Gasteiger charge is -2.48. The van der Waals surface area contributed by atoms with E-state index in [0.29, 0.717) is 19.5 Å². The summed E-state index contributed by atoms with van der Waals surface area (Å²) in [5.41, 5.74) is -1.34. The number of hydrogen-bond acceptors (Lipinski definition) is 5. The Balaban J connectivity index is 2.70. The summed E-state index contributed by atoms with van der Waals surface area (Å²) in [5.74, 6) is -0.880. The average molecular weight is 232 g/mol. The molecule has 0 aliphatic carbocycles. The number of aliphatic hydroxyl groups excluding tert-OH is 2. The van der Waals surface area contributed by atoms with Crippen LogP contribution in [0, 0.1) is 0 Å². The van der Waals surface area contributed by atoms with Crippen LogP contribution < -0.4 is 10.6 Å². The molecule has 0 unspecified atom stereocenters. The maximum absolute atomic E-state index is 10.8. The number of nitrogens with one attached hydrogen (secondary N) is 2. The van der Waals surface area contributed by atoms with Gasteiger partial charge in [0.1, 0.15) is 0 Å². The van der Waals surface area contributed by atoms with Gasteiger partial charge >= 0.3 is 5.97 Å². The van der Waals surface area contributed by atoms with Gasteiger partial charge in [-0.2, -0.15) is 0 Å². The van der Waals surface area contributed by atoms with Gasteiger partial charge in [0, 0.05) is 13.1 Å². The lowest BCUT2D eigenvalue weighted by atomic mass is 9.84. The molecule has 1 heterocycles. The van der Waals surface area contributed by atoms with Crippen LogP contribution in [0.2, 0.25) is 0 Å². The van der Waals surface area contributed by atoms with E-state index in [1.165, 1.54) is 0 Å². The van der Waals surface area contributed by atoms with Gasteiger partial charge in [-0.3, -0.25) is 10.1 Å². The molecule has 0 spiro atoms. The summed E-state index contributed by atoms with van der Waals surface area (Å²) in [6.45, 7) is 2.52. The number of hydrogen-bond donors (Lipinski definition) is 5.